The monoisotopic (exact) mass is 342 g/mol. The summed E-state index contributed by atoms with van der Waals surface area (Å²) in [5.74, 6) is 0.0780. The summed E-state index contributed by atoms with van der Waals surface area (Å²) in [6, 6.07) is 4.22. The average molecular weight is 342 g/mol. The highest BCUT2D eigenvalue weighted by Gasteiger charge is 2.49. The molecule has 0 N–H and O–H groups in total. The summed E-state index contributed by atoms with van der Waals surface area (Å²) >= 11 is 0. The molecule has 0 aromatic heterocycles. The molecule has 0 fully saturated rings. The van der Waals surface area contributed by atoms with Gasteiger partial charge < -0.3 is 8.92 Å². The molecule has 0 saturated heterocycles. The van der Waals surface area contributed by atoms with Gasteiger partial charge in [0.05, 0.1) is 5.30 Å². The van der Waals surface area contributed by atoms with Crippen molar-refractivity contribution in [2.24, 2.45) is 0 Å². The number of halogens is 3. The van der Waals surface area contributed by atoms with Crippen molar-refractivity contribution in [3.05, 3.63) is 18.2 Å². The molecule has 1 heterocycles. The maximum absolute atomic E-state index is 12.5. The summed E-state index contributed by atoms with van der Waals surface area (Å²) in [7, 11) is -6.68. The van der Waals surface area contributed by atoms with Crippen molar-refractivity contribution in [1.29, 1.82) is 0 Å². The van der Waals surface area contributed by atoms with Gasteiger partial charge in [0.2, 0.25) is 0 Å². The Morgan fingerprint density at radius 3 is 2.38 bits per heavy atom. The predicted octanol–water partition coefficient (Wildman–Crippen LogP) is 3.17. The number of alkyl halides is 3. The largest absolute Gasteiger partial charge is 0.534 e. The van der Waals surface area contributed by atoms with Gasteiger partial charge in [0, 0.05) is 0 Å². The van der Waals surface area contributed by atoms with Crippen molar-refractivity contribution < 1.29 is 30.5 Å². The van der Waals surface area contributed by atoms with Gasteiger partial charge in [0.1, 0.15) is 12.1 Å². The molecule has 21 heavy (non-hydrogen) atoms. The average Bonchev–Trinajstić information content (AvgIpc) is 2.71. The molecule has 0 amide bonds. The van der Waals surface area contributed by atoms with Gasteiger partial charge in [-0.3, -0.25) is 0 Å². The Balaban J connectivity index is 2.48. The van der Waals surface area contributed by atoms with Crippen LogP contribution in [0.25, 0.3) is 0 Å². The lowest BCUT2D eigenvalue weighted by Crippen LogP contribution is -2.30. The fourth-order valence-electron chi connectivity index (χ4n) is 1.85. The van der Waals surface area contributed by atoms with Crippen molar-refractivity contribution in [3.8, 4) is 11.5 Å². The van der Waals surface area contributed by atoms with Crippen LogP contribution < -0.4 is 14.2 Å². The molecular weight excluding hydrogens is 328 g/mol. The maximum Gasteiger partial charge on any atom is 0.534 e. The van der Waals surface area contributed by atoms with Crippen LogP contribution in [0.1, 0.15) is 20.8 Å². The third-order valence-corrected chi connectivity index (χ3v) is 6.83. The molecule has 0 bridgehead atoms. The Morgan fingerprint density at radius 2 is 1.86 bits per heavy atom. The lowest BCUT2D eigenvalue weighted by Gasteiger charge is -2.27. The second-order valence-corrected chi connectivity index (χ2v) is 9.90. The Hall–Kier alpha value is -1.01. The molecule has 2 rings (SSSR count). The summed E-state index contributed by atoms with van der Waals surface area (Å²) in [5.41, 5.74) is -5.46. The van der Waals surface area contributed by atoms with E-state index in [9.17, 15) is 21.6 Å². The summed E-state index contributed by atoms with van der Waals surface area (Å²) in [6.07, 6.45) is 0.334. The highest BCUT2D eigenvalue weighted by atomic mass is 32.2. The van der Waals surface area contributed by atoms with E-state index in [0.29, 0.717) is 17.4 Å². The maximum atomic E-state index is 12.5. The van der Waals surface area contributed by atoms with Crippen molar-refractivity contribution in [2.45, 2.75) is 31.4 Å². The zero-order chi connectivity index (χ0) is 16.1. The zero-order valence-corrected chi connectivity index (χ0v) is 13.3. The van der Waals surface area contributed by atoms with Crippen LogP contribution in [-0.4, -0.2) is 25.4 Å². The number of hydrogen-bond acceptors (Lipinski definition) is 4. The van der Waals surface area contributed by atoms with Gasteiger partial charge in [-0.25, -0.2) is 0 Å². The van der Waals surface area contributed by atoms with Crippen LogP contribution in [0.15, 0.2) is 18.2 Å². The zero-order valence-electron chi connectivity index (χ0n) is 11.6. The van der Waals surface area contributed by atoms with Crippen LogP contribution in [0.2, 0.25) is 0 Å². The Bertz CT molecular complexity index is 649. The summed E-state index contributed by atoms with van der Waals surface area (Å²) in [5, 5.41) is 0.176. The smallest absolute Gasteiger partial charge is 0.488 e. The van der Waals surface area contributed by atoms with E-state index in [0.717, 1.165) is 0 Å². The van der Waals surface area contributed by atoms with Gasteiger partial charge >= 0.3 is 15.6 Å². The van der Waals surface area contributed by atoms with Crippen molar-refractivity contribution in [3.63, 3.8) is 0 Å². The topological polar surface area (TPSA) is 52.6 Å². The standard InChI is InChI=1S/C12H14F3O4PS/c1-11(2,3)20-7-18-8-5-4-6-9(10(8)20)19-21(16,17)12(13,14)15/h4-6H,7H2,1-3H3. The number of hydrogen-bond donors (Lipinski definition) is 0. The second kappa shape index (κ2) is 5.02. The lowest BCUT2D eigenvalue weighted by molar-refractivity contribution is -0.0499. The van der Waals surface area contributed by atoms with E-state index in [1.165, 1.54) is 12.1 Å². The van der Waals surface area contributed by atoms with Crippen LogP contribution in [0.4, 0.5) is 13.2 Å². The highest BCUT2D eigenvalue weighted by molar-refractivity contribution is 7.88. The van der Waals surface area contributed by atoms with Crippen LogP contribution in [0, 0.1) is 0 Å². The Kier molecular flexibility index (Phi) is 3.91. The van der Waals surface area contributed by atoms with Crippen molar-refractivity contribution in [1.82, 2.24) is 0 Å². The normalized spacial score (nSPS) is 19.0. The SMILES string of the molecule is CC(C)(C)P1COc2cccc(OS(=O)(=O)C(F)(F)F)c21. The van der Waals surface area contributed by atoms with Crippen molar-refractivity contribution in [2.75, 3.05) is 6.35 Å². The molecule has 4 nitrogen and oxygen atoms in total. The molecule has 1 aliphatic rings. The first-order valence-corrected chi connectivity index (χ1v) is 8.91. The molecule has 1 aromatic rings. The van der Waals surface area contributed by atoms with Gasteiger partial charge in [-0.1, -0.05) is 26.8 Å². The summed E-state index contributed by atoms with van der Waals surface area (Å²) in [4.78, 5) is 0. The third kappa shape index (κ3) is 3.11. The predicted molar refractivity (Wildman–Crippen MR) is 73.8 cm³/mol. The molecule has 1 unspecified atom stereocenters. The molecule has 0 radical (unpaired) electrons. The molecule has 0 saturated carbocycles. The minimum atomic E-state index is -5.69. The minimum absolute atomic E-state index is 0.248. The molecule has 0 spiro atoms. The third-order valence-electron chi connectivity index (χ3n) is 2.87. The highest BCUT2D eigenvalue weighted by Crippen LogP contribution is 2.56. The van der Waals surface area contributed by atoms with E-state index >= 15 is 0 Å². The first-order chi connectivity index (χ1) is 9.43. The molecule has 1 aromatic carbocycles. The fraction of sp³-hybridized carbons (Fsp3) is 0.500. The van der Waals surface area contributed by atoms with Gasteiger partial charge in [-0.15, -0.1) is 0 Å². The van der Waals surface area contributed by atoms with Gasteiger partial charge in [0.25, 0.3) is 0 Å². The van der Waals surface area contributed by atoms with Gasteiger partial charge in [-0.2, -0.15) is 21.6 Å². The Morgan fingerprint density at radius 1 is 1.24 bits per heavy atom. The van der Waals surface area contributed by atoms with E-state index in [1.54, 1.807) is 6.07 Å². The van der Waals surface area contributed by atoms with E-state index in [1.807, 2.05) is 20.8 Å². The van der Waals surface area contributed by atoms with Crippen molar-refractivity contribution >= 4 is 23.3 Å². The van der Waals surface area contributed by atoms with Crippen LogP contribution >= 0.6 is 7.92 Å². The number of ether oxygens (including phenoxy) is 1. The Labute approximate surface area is 122 Å². The molecule has 118 valence electrons. The minimum Gasteiger partial charge on any atom is -0.488 e. The molecule has 9 heteroatoms. The first-order valence-electron chi connectivity index (χ1n) is 5.98. The van der Waals surface area contributed by atoms with Gasteiger partial charge in [-0.05, 0) is 25.2 Å². The van der Waals surface area contributed by atoms with Gasteiger partial charge in [0.15, 0.2) is 5.75 Å². The van der Waals surface area contributed by atoms with E-state index in [-0.39, 0.29) is 10.9 Å². The second-order valence-electron chi connectivity index (χ2n) is 5.46. The van der Waals surface area contributed by atoms with E-state index in [4.69, 9.17) is 4.74 Å². The fourth-order valence-corrected chi connectivity index (χ4v) is 4.62. The summed E-state index contributed by atoms with van der Waals surface area (Å²) < 4.78 is 69.6. The lowest BCUT2D eigenvalue weighted by atomic mass is 10.3. The molecule has 1 atom stereocenters. The molecular formula is C12H14F3O4PS. The van der Waals surface area contributed by atoms with Crippen LogP contribution in [0.5, 0.6) is 11.5 Å². The van der Waals surface area contributed by atoms with Crippen LogP contribution in [0.3, 0.4) is 0 Å². The number of rotatable bonds is 2. The molecule has 0 aliphatic carbocycles. The molecule has 1 aliphatic heterocycles. The summed E-state index contributed by atoms with van der Waals surface area (Å²) in [6.45, 7) is 5.77. The van der Waals surface area contributed by atoms with Crippen LogP contribution in [-0.2, 0) is 10.1 Å². The first kappa shape index (κ1) is 16.4. The van der Waals surface area contributed by atoms with E-state index < -0.39 is 23.5 Å². The number of fused-ring (bicyclic) bond motifs is 1. The quantitative estimate of drug-likeness (QED) is 0.471. The van der Waals surface area contributed by atoms with E-state index in [2.05, 4.69) is 4.18 Å². The number of benzene rings is 1.